The lowest BCUT2D eigenvalue weighted by molar-refractivity contribution is 0.0930. The maximum atomic E-state index is 13.5. The van der Waals surface area contributed by atoms with Crippen molar-refractivity contribution in [2.24, 2.45) is 5.92 Å². The number of nitrogens with one attached hydrogen (secondary N) is 1. The number of carbonyl (C=O) groups is 1. The second kappa shape index (κ2) is 6.46. The second-order valence-corrected chi connectivity index (χ2v) is 7.69. The van der Waals surface area contributed by atoms with Gasteiger partial charge in [0.1, 0.15) is 4.90 Å². The lowest BCUT2D eigenvalue weighted by Crippen LogP contribution is -2.36. The summed E-state index contributed by atoms with van der Waals surface area (Å²) in [6.45, 7) is 5.38. The Kier molecular flexibility index (Phi) is 5.57. The fraction of sp³-hybridized carbons (Fsp3) is 0.417. The van der Waals surface area contributed by atoms with E-state index in [1.54, 1.807) is 6.92 Å². The van der Waals surface area contributed by atoms with Crippen molar-refractivity contribution >= 4 is 37.2 Å². The molecule has 118 valence electrons. The Balaban J connectivity index is 3.40. The average molecular weight is 360 g/mol. The van der Waals surface area contributed by atoms with E-state index in [4.69, 9.17) is 22.3 Å². The van der Waals surface area contributed by atoms with Crippen molar-refractivity contribution in [1.82, 2.24) is 5.32 Å². The number of halogens is 4. The summed E-state index contributed by atoms with van der Waals surface area (Å²) in [7, 11) is 0.381. The first-order valence-electron chi connectivity index (χ1n) is 5.89. The van der Waals surface area contributed by atoms with Gasteiger partial charge in [0.2, 0.25) is 0 Å². The van der Waals surface area contributed by atoms with Crippen molar-refractivity contribution in [3.8, 4) is 0 Å². The van der Waals surface area contributed by atoms with Gasteiger partial charge in [-0.05, 0) is 18.9 Å². The molecule has 0 bridgehead atoms. The quantitative estimate of drug-likeness (QED) is 0.662. The standard InChI is InChI=1S/C12H13Cl2F2NO3S/c1-5(2)6(3)17-12(18)7-4-8(15)10(16)11(9(7)13)21(14,19)20/h4-6H,1-3H3,(H,17,18). The van der Waals surface area contributed by atoms with Crippen LogP contribution in [0.15, 0.2) is 11.0 Å². The van der Waals surface area contributed by atoms with Crippen LogP contribution in [-0.2, 0) is 9.05 Å². The van der Waals surface area contributed by atoms with Crippen molar-refractivity contribution in [1.29, 1.82) is 0 Å². The van der Waals surface area contributed by atoms with Crippen LogP contribution in [0.25, 0.3) is 0 Å². The minimum absolute atomic E-state index is 0.0780. The van der Waals surface area contributed by atoms with Crippen LogP contribution < -0.4 is 5.32 Å². The van der Waals surface area contributed by atoms with E-state index >= 15 is 0 Å². The molecular weight excluding hydrogens is 347 g/mol. The van der Waals surface area contributed by atoms with E-state index in [1.807, 2.05) is 13.8 Å². The Morgan fingerprint density at radius 1 is 1.29 bits per heavy atom. The molecule has 0 aliphatic heterocycles. The molecule has 1 unspecified atom stereocenters. The molecule has 21 heavy (non-hydrogen) atoms. The van der Waals surface area contributed by atoms with Crippen molar-refractivity contribution in [3.05, 3.63) is 28.3 Å². The van der Waals surface area contributed by atoms with Crippen LogP contribution in [0.2, 0.25) is 5.02 Å². The molecular formula is C12H13Cl2F2NO3S. The molecule has 0 spiro atoms. The van der Waals surface area contributed by atoms with Gasteiger partial charge in [0.25, 0.3) is 15.0 Å². The molecule has 0 radical (unpaired) electrons. The Morgan fingerprint density at radius 2 is 1.81 bits per heavy atom. The van der Waals surface area contributed by atoms with E-state index in [9.17, 15) is 22.0 Å². The Hall–Kier alpha value is -0.920. The van der Waals surface area contributed by atoms with Gasteiger partial charge in [-0.25, -0.2) is 17.2 Å². The molecule has 0 aromatic heterocycles. The van der Waals surface area contributed by atoms with E-state index < -0.39 is 42.1 Å². The van der Waals surface area contributed by atoms with Gasteiger partial charge in [-0.3, -0.25) is 4.79 Å². The average Bonchev–Trinajstić information content (AvgIpc) is 2.31. The third kappa shape index (κ3) is 4.05. The Bertz CT molecular complexity index is 678. The monoisotopic (exact) mass is 359 g/mol. The minimum Gasteiger partial charge on any atom is -0.349 e. The zero-order chi connectivity index (χ0) is 16.5. The van der Waals surface area contributed by atoms with E-state index in [0.717, 1.165) is 0 Å². The zero-order valence-electron chi connectivity index (χ0n) is 11.4. The zero-order valence-corrected chi connectivity index (χ0v) is 13.7. The summed E-state index contributed by atoms with van der Waals surface area (Å²) in [4.78, 5) is 10.8. The lowest BCUT2D eigenvalue weighted by Gasteiger charge is -2.18. The molecule has 1 rings (SSSR count). The number of benzene rings is 1. The fourth-order valence-corrected chi connectivity index (χ4v) is 3.13. The normalized spacial score (nSPS) is 13.3. The third-order valence-electron chi connectivity index (χ3n) is 2.96. The van der Waals surface area contributed by atoms with Crippen LogP contribution in [0.3, 0.4) is 0 Å². The molecule has 0 fully saturated rings. The highest BCUT2D eigenvalue weighted by atomic mass is 35.7. The molecule has 1 aromatic carbocycles. The summed E-state index contributed by atoms with van der Waals surface area (Å²) in [6, 6.07) is 0.253. The highest BCUT2D eigenvalue weighted by molar-refractivity contribution is 8.13. The molecule has 1 aromatic rings. The van der Waals surface area contributed by atoms with Crippen LogP contribution in [-0.4, -0.2) is 20.4 Å². The predicted octanol–water partition coefficient (Wildman–Crippen LogP) is 3.32. The van der Waals surface area contributed by atoms with Crippen LogP contribution in [0, 0.1) is 17.6 Å². The molecule has 1 amide bonds. The fourth-order valence-electron chi connectivity index (χ4n) is 1.41. The first-order valence-corrected chi connectivity index (χ1v) is 8.58. The highest BCUT2D eigenvalue weighted by Gasteiger charge is 2.29. The first-order chi connectivity index (χ1) is 9.46. The molecule has 0 aliphatic rings. The number of carbonyl (C=O) groups excluding carboxylic acids is 1. The van der Waals surface area contributed by atoms with Gasteiger partial charge in [-0.1, -0.05) is 25.4 Å². The number of hydrogen-bond acceptors (Lipinski definition) is 3. The van der Waals surface area contributed by atoms with Gasteiger partial charge < -0.3 is 5.32 Å². The van der Waals surface area contributed by atoms with Gasteiger partial charge in [0.05, 0.1) is 10.6 Å². The third-order valence-corrected chi connectivity index (χ3v) is 4.80. The smallest absolute Gasteiger partial charge is 0.265 e. The summed E-state index contributed by atoms with van der Waals surface area (Å²) in [6.07, 6.45) is 0. The van der Waals surface area contributed by atoms with Gasteiger partial charge in [-0.15, -0.1) is 0 Å². The topological polar surface area (TPSA) is 63.2 Å². The van der Waals surface area contributed by atoms with Gasteiger partial charge in [-0.2, -0.15) is 0 Å². The molecule has 0 heterocycles. The maximum Gasteiger partial charge on any atom is 0.265 e. The molecule has 1 N–H and O–H groups in total. The molecule has 0 saturated carbocycles. The maximum absolute atomic E-state index is 13.5. The first kappa shape index (κ1) is 18.1. The van der Waals surface area contributed by atoms with Crippen LogP contribution >= 0.6 is 22.3 Å². The number of rotatable bonds is 4. The SMILES string of the molecule is CC(C)C(C)NC(=O)c1cc(F)c(F)c(S(=O)(=O)Cl)c1Cl. The summed E-state index contributed by atoms with van der Waals surface area (Å²) in [5.74, 6) is -3.99. The number of amides is 1. The van der Waals surface area contributed by atoms with E-state index in [1.165, 1.54) is 0 Å². The van der Waals surface area contributed by atoms with Crippen molar-refractivity contribution < 1.29 is 22.0 Å². The van der Waals surface area contributed by atoms with Crippen LogP contribution in [0.1, 0.15) is 31.1 Å². The second-order valence-electron chi connectivity index (χ2n) is 4.81. The molecule has 0 aliphatic carbocycles. The summed E-state index contributed by atoms with van der Waals surface area (Å²) in [5.41, 5.74) is -0.498. The Morgan fingerprint density at radius 3 is 2.24 bits per heavy atom. The molecule has 0 saturated heterocycles. The van der Waals surface area contributed by atoms with E-state index in [2.05, 4.69) is 5.32 Å². The van der Waals surface area contributed by atoms with E-state index in [0.29, 0.717) is 6.07 Å². The Labute approximate surface area is 130 Å². The number of hydrogen-bond donors (Lipinski definition) is 1. The van der Waals surface area contributed by atoms with Gasteiger partial charge in [0, 0.05) is 16.7 Å². The predicted molar refractivity (Wildman–Crippen MR) is 76.2 cm³/mol. The molecule has 9 heteroatoms. The van der Waals surface area contributed by atoms with Gasteiger partial charge in [0.15, 0.2) is 11.6 Å². The van der Waals surface area contributed by atoms with Gasteiger partial charge >= 0.3 is 0 Å². The largest absolute Gasteiger partial charge is 0.349 e. The lowest BCUT2D eigenvalue weighted by atomic mass is 10.1. The van der Waals surface area contributed by atoms with Crippen molar-refractivity contribution in [2.45, 2.75) is 31.7 Å². The van der Waals surface area contributed by atoms with E-state index in [-0.39, 0.29) is 12.0 Å². The molecule has 1 atom stereocenters. The van der Waals surface area contributed by atoms with Crippen LogP contribution in [0.5, 0.6) is 0 Å². The van der Waals surface area contributed by atoms with Crippen molar-refractivity contribution in [3.63, 3.8) is 0 Å². The summed E-state index contributed by atoms with van der Waals surface area (Å²) in [5, 5.41) is 1.76. The summed E-state index contributed by atoms with van der Waals surface area (Å²) >= 11 is 5.70. The summed E-state index contributed by atoms with van der Waals surface area (Å²) < 4.78 is 49.6. The minimum atomic E-state index is -4.64. The van der Waals surface area contributed by atoms with Crippen LogP contribution in [0.4, 0.5) is 8.78 Å². The molecule has 4 nitrogen and oxygen atoms in total. The van der Waals surface area contributed by atoms with Crippen molar-refractivity contribution in [2.75, 3.05) is 0 Å². The highest BCUT2D eigenvalue weighted by Crippen LogP contribution is 2.32.